The molecule has 0 bridgehead atoms. The van der Waals surface area contributed by atoms with Crippen LogP contribution >= 0.6 is 23.4 Å². The van der Waals surface area contributed by atoms with E-state index in [0.717, 1.165) is 5.52 Å². The van der Waals surface area contributed by atoms with Gasteiger partial charge in [0.1, 0.15) is 5.52 Å². The Morgan fingerprint density at radius 1 is 1.42 bits per heavy atom. The number of halogens is 1. The predicted molar refractivity (Wildman–Crippen MR) is 78.0 cm³/mol. The molecule has 98 valence electrons. The molecule has 0 spiro atoms. The van der Waals surface area contributed by atoms with Crippen LogP contribution in [0.25, 0.3) is 11.1 Å². The average Bonchev–Trinajstić information content (AvgIpc) is 3.00. The summed E-state index contributed by atoms with van der Waals surface area (Å²) in [5, 5.41) is 6.09. The van der Waals surface area contributed by atoms with Gasteiger partial charge >= 0.3 is 0 Å². The van der Waals surface area contributed by atoms with E-state index in [9.17, 15) is 0 Å². The molecule has 1 N–H and O–H groups in total. The molecule has 1 aliphatic heterocycles. The first kappa shape index (κ1) is 11.5. The van der Waals surface area contributed by atoms with Crippen molar-refractivity contribution in [1.29, 1.82) is 0 Å². The molecule has 1 saturated carbocycles. The third-order valence-corrected chi connectivity index (χ3v) is 4.41. The Hall–Kier alpha value is -1.33. The summed E-state index contributed by atoms with van der Waals surface area (Å²) in [4.78, 5) is 6.75. The SMILES string of the molecule is Clc1ccc2nc(NC3SC=CN3C3CC3)oc2c1. The molecule has 4 nitrogen and oxygen atoms in total. The highest BCUT2D eigenvalue weighted by Gasteiger charge is 2.34. The number of thioether (sulfide) groups is 1. The van der Waals surface area contributed by atoms with Crippen molar-refractivity contribution in [2.45, 2.75) is 24.4 Å². The van der Waals surface area contributed by atoms with Crippen LogP contribution < -0.4 is 5.32 Å². The van der Waals surface area contributed by atoms with Crippen molar-refractivity contribution < 1.29 is 4.42 Å². The van der Waals surface area contributed by atoms with Crippen molar-refractivity contribution >= 4 is 40.5 Å². The van der Waals surface area contributed by atoms with Gasteiger partial charge in [0.15, 0.2) is 11.1 Å². The van der Waals surface area contributed by atoms with E-state index in [4.69, 9.17) is 16.0 Å². The lowest BCUT2D eigenvalue weighted by Gasteiger charge is -2.24. The van der Waals surface area contributed by atoms with Gasteiger partial charge < -0.3 is 14.6 Å². The number of nitrogens with zero attached hydrogens (tertiary/aromatic N) is 2. The molecule has 19 heavy (non-hydrogen) atoms. The smallest absolute Gasteiger partial charge is 0.298 e. The highest BCUT2D eigenvalue weighted by molar-refractivity contribution is 8.03. The Kier molecular flexibility index (Phi) is 2.63. The molecule has 0 amide bonds. The molecule has 0 saturated heterocycles. The molecule has 1 atom stereocenters. The second kappa shape index (κ2) is 4.35. The molecule has 4 rings (SSSR count). The van der Waals surface area contributed by atoms with Gasteiger partial charge in [-0.15, -0.1) is 0 Å². The normalized spacial score (nSPS) is 22.4. The van der Waals surface area contributed by atoms with E-state index in [1.54, 1.807) is 17.8 Å². The zero-order valence-electron chi connectivity index (χ0n) is 10.0. The predicted octanol–water partition coefficient (Wildman–Crippen LogP) is 3.86. The molecule has 2 aromatic rings. The fourth-order valence-electron chi connectivity index (χ4n) is 2.19. The highest BCUT2D eigenvalue weighted by Crippen LogP contribution is 2.37. The zero-order valence-corrected chi connectivity index (χ0v) is 11.6. The summed E-state index contributed by atoms with van der Waals surface area (Å²) >= 11 is 7.68. The Labute approximate surface area is 119 Å². The lowest BCUT2D eigenvalue weighted by Crippen LogP contribution is -2.33. The summed E-state index contributed by atoms with van der Waals surface area (Å²) < 4.78 is 5.68. The van der Waals surface area contributed by atoms with E-state index < -0.39 is 0 Å². The molecule has 2 heterocycles. The van der Waals surface area contributed by atoms with Crippen LogP contribution in [0.1, 0.15) is 12.8 Å². The second-order valence-corrected chi connectivity index (χ2v) is 6.15. The van der Waals surface area contributed by atoms with Crippen LogP contribution in [0.2, 0.25) is 5.02 Å². The largest absolute Gasteiger partial charge is 0.423 e. The van der Waals surface area contributed by atoms with E-state index in [2.05, 4.69) is 26.8 Å². The van der Waals surface area contributed by atoms with Crippen LogP contribution in [-0.2, 0) is 0 Å². The lowest BCUT2D eigenvalue weighted by atomic mass is 10.3. The summed E-state index contributed by atoms with van der Waals surface area (Å²) in [7, 11) is 0. The maximum atomic E-state index is 5.94. The lowest BCUT2D eigenvalue weighted by molar-refractivity contribution is 0.368. The molecule has 0 radical (unpaired) electrons. The maximum Gasteiger partial charge on any atom is 0.298 e. The maximum absolute atomic E-state index is 5.94. The molecular formula is C13H12ClN3OS. The second-order valence-electron chi connectivity index (χ2n) is 4.73. The van der Waals surface area contributed by atoms with Gasteiger partial charge in [0.25, 0.3) is 6.01 Å². The fourth-order valence-corrected chi connectivity index (χ4v) is 3.26. The molecule has 6 heteroatoms. The number of anilines is 1. The Balaban J connectivity index is 1.57. The Bertz CT molecular complexity index is 652. The van der Waals surface area contributed by atoms with Crippen molar-refractivity contribution in [2.75, 3.05) is 5.32 Å². The van der Waals surface area contributed by atoms with Crippen molar-refractivity contribution in [3.05, 3.63) is 34.8 Å². The molecule has 1 fully saturated rings. The zero-order chi connectivity index (χ0) is 12.8. The van der Waals surface area contributed by atoms with Crippen LogP contribution in [-0.4, -0.2) is 21.4 Å². The number of fused-ring (bicyclic) bond motifs is 1. The summed E-state index contributed by atoms with van der Waals surface area (Å²) in [6.45, 7) is 0. The highest BCUT2D eigenvalue weighted by atomic mass is 35.5. The number of aromatic nitrogens is 1. The number of rotatable bonds is 3. The van der Waals surface area contributed by atoms with Crippen molar-refractivity contribution in [3.63, 3.8) is 0 Å². The number of benzene rings is 1. The van der Waals surface area contributed by atoms with E-state index >= 15 is 0 Å². The molecule has 1 aromatic heterocycles. The van der Waals surface area contributed by atoms with Crippen LogP contribution in [0.5, 0.6) is 0 Å². The number of hydrogen-bond acceptors (Lipinski definition) is 5. The van der Waals surface area contributed by atoms with Gasteiger partial charge in [-0.2, -0.15) is 4.98 Å². The van der Waals surface area contributed by atoms with Gasteiger partial charge in [0.2, 0.25) is 0 Å². The summed E-state index contributed by atoms with van der Waals surface area (Å²) in [6, 6.07) is 6.68. The molecule has 1 unspecified atom stereocenters. The minimum atomic E-state index is 0.177. The molecule has 1 aromatic carbocycles. The summed E-state index contributed by atoms with van der Waals surface area (Å²) in [5.41, 5.74) is 1.71. The Morgan fingerprint density at radius 3 is 3.16 bits per heavy atom. The van der Waals surface area contributed by atoms with Gasteiger partial charge in [-0.25, -0.2) is 0 Å². The van der Waals surface area contributed by atoms with Crippen LogP contribution in [0.15, 0.2) is 34.2 Å². The third kappa shape index (κ3) is 2.17. The van der Waals surface area contributed by atoms with E-state index in [-0.39, 0.29) is 5.50 Å². The summed E-state index contributed by atoms with van der Waals surface area (Å²) in [6.07, 6.45) is 4.68. The van der Waals surface area contributed by atoms with Crippen LogP contribution in [0, 0.1) is 0 Å². The molecular weight excluding hydrogens is 282 g/mol. The van der Waals surface area contributed by atoms with Gasteiger partial charge in [-0.1, -0.05) is 23.4 Å². The van der Waals surface area contributed by atoms with Gasteiger partial charge in [-0.3, -0.25) is 0 Å². The first-order valence-corrected chi connectivity index (χ1v) is 7.54. The standard InChI is InChI=1S/C13H12ClN3OS/c14-8-1-4-10-11(7-8)18-12(15-10)16-13-17(5-6-19-13)9-2-3-9/h1,4-7,9,13H,2-3H2,(H,15,16). The van der Waals surface area contributed by atoms with E-state index in [1.165, 1.54) is 12.8 Å². The third-order valence-electron chi connectivity index (χ3n) is 3.28. The number of nitrogens with one attached hydrogen (secondary N) is 1. The minimum absolute atomic E-state index is 0.177. The van der Waals surface area contributed by atoms with E-state index in [1.807, 2.05) is 12.1 Å². The summed E-state index contributed by atoms with van der Waals surface area (Å²) in [5.74, 6) is 0. The van der Waals surface area contributed by atoms with Crippen molar-refractivity contribution in [3.8, 4) is 0 Å². The first-order chi connectivity index (χ1) is 9.29. The van der Waals surface area contributed by atoms with E-state index in [0.29, 0.717) is 22.7 Å². The van der Waals surface area contributed by atoms with Gasteiger partial charge in [0.05, 0.1) is 0 Å². The topological polar surface area (TPSA) is 41.3 Å². The monoisotopic (exact) mass is 293 g/mol. The van der Waals surface area contributed by atoms with Crippen molar-refractivity contribution in [1.82, 2.24) is 9.88 Å². The quantitative estimate of drug-likeness (QED) is 0.930. The Morgan fingerprint density at radius 2 is 2.32 bits per heavy atom. The first-order valence-electron chi connectivity index (χ1n) is 6.22. The number of hydrogen-bond donors (Lipinski definition) is 1. The molecule has 2 aliphatic rings. The van der Waals surface area contributed by atoms with Crippen LogP contribution in [0.4, 0.5) is 6.01 Å². The van der Waals surface area contributed by atoms with Gasteiger partial charge in [0, 0.05) is 23.3 Å². The average molecular weight is 294 g/mol. The van der Waals surface area contributed by atoms with Crippen LogP contribution in [0.3, 0.4) is 0 Å². The fraction of sp³-hybridized carbons (Fsp3) is 0.308. The molecule has 1 aliphatic carbocycles. The van der Waals surface area contributed by atoms with Gasteiger partial charge in [-0.05, 0) is 30.4 Å². The number of oxazole rings is 1. The van der Waals surface area contributed by atoms with Crippen molar-refractivity contribution in [2.24, 2.45) is 0 Å². The minimum Gasteiger partial charge on any atom is -0.423 e.